The molecule has 1 unspecified atom stereocenters. The third-order valence-corrected chi connectivity index (χ3v) is 3.28. The van der Waals surface area contributed by atoms with Gasteiger partial charge < -0.3 is 4.74 Å². The summed E-state index contributed by atoms with van der Waals surface area (Å²) in [6.07, 6.45) is 6.83. The first-order chi connectivity index (χ1) is 9.62. The van der Waals surface area contributed by atoms with Crippen LogP contribution in [-0.2, 0) is 10.3 Å². The fourth-order valence-corrected chi connectivity index (χ4v) is 2.29. The summed E-state index contributed by atoms with van der Waals surface area (Å²) in [6.45, 7) is 1.90. The molecule has 4 nitrogen and oxygen atoms in total. The van der Waals surface area contributed by atoms with E-state index >= 15 is 0 Å². The van der Waals surface area contributed by atoms with E-state index in [-0.39, 0.29) is 6.61 Å². The zero-order valence-corrected chi connectivity index (χ0v) is 11.3. The van der Waals surface area contributed by atoms with Crippen LogP contribution in [0.4, 0.5) is 9.18 Å². The van der Waals surface area contributed by atoms with Gasteiger partial charge in [-0.2, -0.15) is 0 Å². The van der Waals surface area contributed by atoms with Crippen LogP contribution in [0, 0.1) is 5.82 Å². The van der Waals surface area contributed by atoms with Gasteiger partial charge in [-0.15, -0.1) is 0 Å². The molecule has 1 aromatic rings. The Morgan fingerprint density at radius 3 is 2.80 bits per heavy atom. The number of amides is 1. The van der Waals surface area contributed by atoms with Gasteiger partial charge in [0, 0.05) is 5.56 Å². The molecular formula is C15H17FN2O2. The van der Waals surface area contributed by atoms with E-state index in [2.05, 4.69) is 0 Å². The molecule has 0 fully saturated rings. The molecule has 0 bridgehead atoms. The van der Waals surface area contributed by atoms with Gasteiger partial charge in [0.15, 0.2) is 0 Å². The van der Waals surface area contributed by atoms with Crippen LogP contribution in [0.5, 0.6) is 0 Å². The molecular weight excluding hydrogens is 259 g/mol. The Hall–Kier alpha value is -2.14. The Morgan fingerprint density at radius 2 is 2.20 bits per heavy atom. The van der Waals surface area contributed by atoms with E-state index in [0.29, 0.717) is 12.0 Å². The monoisotopic (exact) mass is 276 g/mol. The van der Waals surface area contributed by atoms with Crippen molar-refractivity contribution in [2.24, 2.45) is 5.84 Å². The predicted molar refractivity (Wildman–Crippen MR) is 74.0 cm³/mol. The molecule has 0 aromatic heterocycles. The van der Waals surface area contributed by atoms with E-state index in [1.54, 1.807) is 37.3 Å². The minimum absolute atomic E-state index is 0.208. The molecule has 0 spiro atoms. The number of nitrogens with two attached hydrogens (primary N) is 1. The number of hydrogen-bond donors (Lipinski definition) is 1. The summed E-state index contributed by atoms with van der Waals surface area (Å²) >= 11 is 0. The number of carbonyl (C=O) groups excluding carboxylic acids is 1. The molecule has 0 radical (unpaired) electrons. The van der Waals surface area contributed by atoms with Crippen LogP contribution in [0.2, 0.25) is 0 Å². The number of rotatable bonds is 3. The highest BCUT2D eigenvalue weighted by Gasteiger charge is 2.40. The Bertz CT molecular complexity index is 557. The summed E-state index contributed by atoms with van der Waals surface area (Å²) in [4.78, 5) is 11.9. The molecule has 0 aliphatic heterocycles. The summed E-state index contributed by atoms with van der Waals surface area (Å²) in [6, 6.07) is 6.28. The van der Waals surface area contributed by atoms with E-state index in [4.69, 9.17) is 10.6 Å². The molecule has 20 heavy (non-hydrogen) atoms. The maximum absolute atomic E-state index is 14.1. The standard InChI is InChI=1S/C15H17FN2O2/c1-2-20-14(19)18(17)15(10-6-3-7-11-15)12-8-4-5-9-13(12)16/h3-10H,2,11,17H2,1H3. The minimum atomic E-state index is -1.06. The smallest absolute Gasteiger partial charge is 0.425 e. The van der Waals surface area contributed by atoms with Crippen molar-refractivity contribution in [3.8, 4) is 0 Å². The minimum Gasteiger partial charge on any atom is -0.449 e. The zero-order valence-electron chi connectivity index (χ0n) is 11.3. The largest absolute Gasteiger partial charge is 0.449 e. The average molecular weight is 276 g/mol. The lowest BCUT2D eigenvalue weighted by Crippen LogP contribution is -2.53. The fourth-order valence-electron chi connectivity index (χ4n) is 2.29. The van der Waals surface area contributed by atoms with Crippen molar-refractivity contribution in [2.45, 2.75) is 18.9 Å². The molecule has 5 heteroatoms. The first-order valence-electron chi connectivity index (χ1n) is 6.43. The number of hydrogen-bond acceptors (Lipinski definition) is 3. The maximum Gasteiger partial charge on any atom is 0.425 e. The van der Waals surface area contributed by atoms with Gasteiger partial charge in [-0.1, -0.05) is 42.5 Å². The Kier molecular flexibility index (Phi) is 4.20. The summed E-state index contributed by atoms with van der Waals surface area (Å²) < 4.78 is 19.1. The molecule has 1 aliphatic carbocycles. The fraction of sp³-hybridized carbons (Fsp3) is 0.267. The number of benzene rings is 1. The number of nitrogens with zero attached hydrogens (tertiary/aromatic N) is 1. The van der Waals surface area contributed by atoms with Gasteiger partial charge >= 0.3 is 6.09 Å². The van der Waals surface area contributed by atoms with E-state index in [0.717, 1.165) is 5.01 Å². The normalized spacial score (nSPS) is 20.8. The third kappa shape index (κ3) is 2.44. The number of halogens is 1. The second-order valence-corrected chi connectivity index (χ2v) is 4.46. The van der Waals surface area contributed by atoms with Crippen molar-refractivity contribution in [2.75, 3.05) is 6.61 Å². The molecule has 1 amide bonds. The van der Waals surface area contributed by atoms with Gasteiger partial charge in [-0.3, -0.25) is 0 Å². The van der Waals surface area contributed by atoms with Crippen LogP contribution in [0.15, 0.2) is 48.6 Å². The van der Waals surface area contributed by atoms with Gasteiger partial charge in [0.05, 0.1) is 6.61 Å². The van der Waals surface area contributed by atoms with E-state index in [1.807, 2.05) is 12.2 Å². The second kappa shape index (κ2) is 5.88. The van der Waals surface area contributed by atoms with Crippen LogP contribution >= 0.6 is 0 Å². The van der Waals surface area contributed by atoms with Gasteiger partial charge in [0.25, 0.3) is 0 Å². The Labute approximate surface area is 117 Å². The first kappa shape index (κ1) is 14.3. The molecule has 1 aromatic carbocycles. The second-order valence-electron chi connectivity index (χ2n) is 4.46. The maximum atomic E-state index is 14.1. The van der Waals surface area contributed by atoms with Crippen molar-refractivity contribution in [3.05, 3.63) is 60.0 Å². The predicted octanol–water partition coefficient (Wildman–Crippen LogP) is 2.87. The van der Waals surface area contributed by atoms with Crippen LogP contribution < -0.4 is 5.84 Å². The van der Waals surface area contributed by atoms with Gasteiger partial charge in [0.2, 0.25) is 0 Å². The van der Waals surface area contributed by atoms with Crippen LogP contribution in [0.3, 0.4) is 0 Å². The number of ether oxygens (including phenoxy) is 1. The summed E-state index contributed by atoms with van der Waals surface area (Å²) in [5, 5.41) is 0.953. The highest BCUT2D eigenvalue weighted by molar-refractivity contribution is 5.69. The molecule has 1 aliphatic rings. The Morgan fingerprint density at radius 1 is 1.45 bits per heavy atom. The van der Waals surface area contributed by atoms with Gasteiger partial charge in [-0.25, -0.2) is 20.0 Å². The first-order valence-corrected chi connectivity index (χ1v) is 6.43. The highest BCUT2D eigenvalue weighted by atomic mass is 19.1. The van der Waals surface area contributed by atoms with Crippen LogP contribution in [0.25, 0.3) is 0 Å². The van der Waals surface area contributed by atoms with Crippen LogP contribution in [-0.4, -0.2) is 17.7 Å². The third-order valence-electron chi connectivity index (χ3n) is 3.28. The molecule has 0 heterocycles. The molecule has 0 saturated heterocycles. The van der Waals surface area contributed by atoms with Crippen molar-refractivity contribution in [1.82, 2.24) is 5.01 Å². The van der Waals surface area contributed by atoms with Crippen molar-refractivity contribution >= 4 is 6.09 Å². The SMILES string of the molecule is CCOC(=O)N(N)C1(c2ccccc2F)C=CC=CC1. The molecule has 0 saturated carbocycles. The lowest BCUT2D eigenvalue weighted by atomic mass is 9.83. The Balaban J connectivity index is 2.47. The van der Waals surface area contributed by atoms with Crippen molar-refractivity contribution < 1.29 is 13.9 Å². The number of allylic oxidation sites excluding steroid dienone is 2. The summed E-state index contributed by atoms with van der Waals surface area (Å²) in [7, 11) is 0. The number of hydrazine groups is 1. The van der Waals surface area contributed by atoms with E-state index in [1.165, 1.54) is 6.07 Å². The van der Waals surface area contributed by atoms with E-state index < -0.39 is 17.4 Å². The zero-order chi connectivity index (χ0) is 14.6. The summed E-state index contributed by atoms with van der Waals surface area (Å²) in [5.74, 6) is 5.51. The highest BCUT2D eigenvalue weighted by Crippen LogP contribution is 2.36. The topological polar surface area (TPSA) is 55.6 Å². The quantitative estimate of drug-likeness (QED) is 0.524. The number of carbonyl (C=O) groups is 1. The van der Waals surface area contributed by atoms with Crippen molar-refractivity contribution in [1.29, 1.82) is 0 Å². The molecule has 1 atom stereocenters. The van der Waals surface area contributed by atoms with Crippen LogP contribution in [0.1, 0.15) is 18.9 Å². The van der Waals surface area contributed by atoms with Gasteiger partial charge in [0.1, 0.15) is 11.4 Å². The lowest BCUT2D eigenvalue weighted by Gasteiger charge is -2.39. The average Bonchev–Trinajstić information content (AvgIpc) is 2.48. The summed E-state index contributed by atoms with van der Waals surface area (Å²) in [5.41, 5.74) is -0.719. The molecule has 2 N–H and O–H groups in total. The van der Waals surface area contributed by atoms with Gasteiger partial charge in [-0.05, 0) is 19.4 Å². The van der Waals surface area contributed by atoms with E-state index in [9.17, 15) is 9.18 Å². The van der Waals surface area contributed by atoms with Crippen molar-refractivity contribution in [3.63, 3.8) is 0 Å². The lowest BCUT2D eigenvalue weighted by molar-refractivity contribution is 0.0668. The molecule has 106 valence electrons. The molecule has 2 rings (SSSR count).